The maximum absolute atomic E-state index is 12.4. The molecule has 0 aromatic heterocycles. The summed E-state index contributed by atoms with van der Waals surface area (Å²) >= 11 is 0. The molecule has 1 heterocycles. The summed E-state index contributed by atoms with van der Waals surface area (Å²) in [5.41, 5.74) is 2.37. The lowest BCUT2D eigenvalue weighted by atomic mass is 9.99. The first-order chi connectivity index (χ1) is 13.9. The first kappa shape index (κ1) is 22.8. The number of ether oxygens (including phenoxy) is 2. The molecule has 0 aliphatic carbocycles. The summed E-state index contributed by atoms with van der Waals surface area (Å²) in [4.78, 5) is 38.5. The Morgan fingerprint density at radius 1 is 1.10 bits per heavy atom. The van der Waals surface area contributed by atoms with Crippen molar-refractivity contribution >= 4 is 29.1 Å². The monoisotopic (exact) mass is 405 g/mol. The number of nitrogens with one attached hydrogen (secondary N) is 2. The summed E-state index contributed by atoms with van der Waals surface area (Å²) in [6.45, 7) is 9.08. The van der Waals surface area contributed by atoms with E-state index in [1.54, 1.807) is 11.0 Å². The van der Waals surface area contributed by atoms with E-state index in [2.05, 4.69) is 10.6 Å². The van der Waals surface area contributed by atoms with Crippen molar-refractivity contribution in [2.24, 2.45) is 5.92 Å². The van der Waals surface area contributed by atoms with Gasteiger partial charge in [0, 0.05) is 37.1 Å². The normalized spacial score (nSPS) is 13.4. The molecule has 0 fully saturated rings. The predicted molar refractivity (Wildman–Crippen MR) is 111 cm³/mol. The van der Waals surface area contributed by atoms with E-state index >= 15 is 0 Å². The number of hydrogen-bond donors (Lipinski definition) is 2. The van der Waals surface area contributed by atoms with Crippen LogP contribution in [-0.4, -0.2) is 50.3 Å². The lowest BCUT2D eigenvalue weighted by Crippen LogP contribution is -2.41. The number of aryl methyl sites for hydroxylation is 1. The highest BCUT2D eigenvalue weighted by Gasteiger charge is 2.25. The third kappa shape index (κ3) is 6.27. The molecule has 2 rings (SSSR count). The van der Waals surface area contributed by atoms with Crippen molar-refractivity contribution in [3.63, 3.8) is 0 Å². The second kappa shape index (κ2) is 10.9. The van der Waals surface area contributed by atoms with E-state index in [1.165, 1.54) is 0 Å². The minimum Gasteiger partial charge on any atom is -0.351 e. The summed E-state index contributed by atoms with van der Waals surface area (Å²) in [6.07, 6.45) is 1.09. The van der Waals surface area contributed by atoms with Crippen LogP contribution in [0.25, 0.3) is 0 Å². The van der Waals surface area contributed by atoms with Gasteiger partial charge in [0.15, 0.2) is 6.29 Å². The lowest BCUT2D eigenvalue weighted by molar-refractivity contribution is -0.145. The van der Waals surface area contributed by atoms with Crippen molar-refractivity contribution in [1.82, 2.24) is 5.32 Å². The first-order valence-electron chi connectivity index (χ1n) is 10.1. The second-order valence-corrected chi connectivity index (χ2v) is 7.10. The Kier molecular flexibility index (Phi) is 8.60. The molecule has 3 amide bonds. The maximum Gasteiger partial charge on any atom is 0.313 e. The van der Waals surface area contributed by atoms with Gasteiger partial charge in [0.05, 0.1) is 6.54 Å². The number of carbonyl (C=O) groups excluding carboxylic acids is 3. The molecule has 0 radical (unpaired) electrons. The number of benzene rings is 1. The zero-order valence-electron chi connectivity index (χ0n) is 17.6. The fraction of sp³-hybridized carbons (Fsp3) is 0.571. The molecule has 8 nitrogen and oxygen atoms in total. The third-order valence-electron chi connectivity index (χ3n) is 4.56. The Balaban J connectivity index is 1.99. The Labute approximate surface area is 171 Å². The molecule has 2 N–H and O–H groups in total. The summed E-state index contributed by atoms with van der Waals surface area (Å²) in [5.74, 6) is -1.52. The number of carbonyl (C=O) groups is 3. The van der Waals surface area contributed by atoms with E-state index in [1.807, 2.05) is 39.8 Å². The summed E-state index contributed by atoms with van der Waals surface area (Å²) in [7, 11) is 0. The highest BCUT2D eigenvalue weighted by atomic mass is 16.7. The average molecular weight is 405 g/mol. The van der Waals surface area contributed by atoms with Gasteiger partial charge in [-0.15, -0.1) is 0 Å². The zero-order chi connectivity index (χ0) is 21.4. The van der Waals surface area contributed by atoms with Crippen LogP contribution in [0.5, 0.6) is 0 Å². The SMILES string of the molecule is CCOC(CNC(=O)C(=O)Nc1ccc2c(c1)CCCN2C(=O)C(C)C)OCC. The molecule has 1 aromatic rings. The van der Waals surface area contributed by atoms with Crippen LogP contribution >= 0.6 is 0 Å². The molecule has 0 spiro atoms. The Bertz CT molecular complexity index is 729. The van der Waals surface area contributed by atoms with Gasteiger partial charge in [0.1, 0.15) is 0 Å². The third-order valence-corrected chi connectivity index (χ3v) is 4.56. The quantitative estimate of drug-likeness (QED) is 0.510. The molecular formula is C21H31N3O5. The van der Waals surface area contributed by atoms with E-state index in [0.717, 1.165) is 24.1 Å². The second-order valence-electron chi connectivity index (χ2n) is 7.10. The molecule has 0 bridgehead atoms. The van der Waals surface area contributed by atoms with Crippen LogP contribution in [0.1, 0.15) is 39.7 Å². The Morgan fingerprint density at radius 2 is 1.79 bits per heavy atom. The van der Waals surface area contributed by atoms with E-state index in [9.17, 15) is 14.4 Å². The average Bonchev–Trinajstić information content (AvgIpc) is 2.70. The van der Waals surface area contributed by atoms with E-state index in [-0.39, 0.29) is 18.4 Å². The molecule has 0 saturated carbocycles. The number of anilines is 2. The fourth-order valence-electron chi connectivity index (χ4n) is 3.20. The van der Waals surface area contributed by atoms with Crippen LogP contribution < -0.4 is 15.5 Å². The van der Waals surface area contributed by atoms with Crippen molar-refractivity contribution in [2.45, 2.75) is 46.8 Å². The van der Waals surface area contributed by atoms with Gasteiger partial charge in [0.25, 0.3) is 0 Å². The number of nitrogens with zero attached hydrogens (tertiary/aromatic N) is 1. The Morgan fingerprint density at radius 3 is 2.41 bits per heavy atom. The Hall–Kier alpha value is -2.45. The molecule has 1 aliphatic rings. The molecule has 160 valence electrons. The van der Waals surface area contributed by atoms with E-state index in [4.69, 9.17) is 9.47 Å². The first-order valence-corrected chi connectivity index (χ1v) is 10.1. The smallest absolute Gasteiger partial charge is 0.313 e. The van der Waals surface area contributed by atoms with Crippen molar-refractivity contribution in [2.75, 3.05) is 36.5 Å². The van der Waals surface area contributed by atoms with E-state index in [0.29, 0.717) is 25.4 Å². The molecule has 1 aliphatic heterocycles. The van der Waals surface area contributed by atoms with Crippen LogP contribution in [0, 0.1) is 5.92 Å². The van der Waals surface area contributed by atoms with Crippen LogP contribution in [0.4, 0.5) is 11.4 Å². The van der Waals surface area contributed by atoms with Crippen LogP contribution in [-0.2, 0) is 30.3 Å². The van der Waals surface area contributed by atoms with Gasteiger partial charge >= 0.3 is 11.8 Å². The molecule has 29 heavy (non-hydrogen) atoms. The zero-order valence-corrected chi connectivity index (χ0v) is 17.6. The van der Waals surface area contributed by atoms with Crippen molar-refractivity contribution < 1.29 is 23.9 Å². The van der Waals surface area contributed by atoms with Gasteiger partial charge in [0.2, 0.25) is 5.91 Å². The van der Waals surface area contributed by atoms with Crippen LogP contribution in [0.2, 0.25) is 0 Å². The number of amides is 3. The molecular weight excluding hydrogens is 374 g/mol. The van der Waals surface area contributed by atoms with E-state index < -0.39 is 18.1 Å². The molecule has 8 heteroatoms. The van der Waals surface area contributed by atoms with Gasteiger partial charge in [-0.3, -0.25) is 14.4 Å². The summed E-state index contributed by atoms with van der Waals surface area (Å²) in [6, 6.07) is 5.35. The standard InChI is InChI=1S/C21H31N3O5/c1-5-28-18(29-6-2)13-22-19(25)20(26)23-16-9-10-17-15(12-16)8-7-11-24(17)21(27)14(3)4/h9-10,12,14,18H,5-8,11,13H2,1-4H3,(H,22,25)(H,23,26). The summed E-state index contributed by atoms with van der Waals surface area (Å²) < 4.78 is 10.7. The van der Waals surface area contributed by atoms with Gasteiger partial charge < -0.3 is 25.0 Å². The molecule has 0 atom stereocenters. The minimum atomic E-state index is -0.761. The maximum atomic E-state index is 12.4. The van der Waals surface area contributed by atoms with Crippen molar-refractivity contribution in [1.29, 1.82) is 0 Å². The molecule has 0 unspecified atom stereocenters. The lowest BCUT2D eigenvalue weighted by Gasteiger charge is -2.31. The van der Waals surface area contributed by atoms with Crippen molar-refractivity contribution in [3.8, 4) is 0 Å². The van der Waals surface area contributed by atoms with Crippen LogP contribution in [0.15, 0.2) is 18.2 Å². The number of rotatable bonds is 8. The van der Waals surface area contributed by atoms with Gasteiger partial charge in [-0.2, -0.15) is 0 Å². The number of fused-ring (bicyclic) bond motifs is 1. The number of hydrogen-bond acceptors (Lipinski definition) is 5. The minimum absolute atomic E-state index is 0.0822. The molecule has 0 saturated heterocycles. The van der Waals surface area contributed by atoms with Crippen LogP contribution in [0.3, 0.4) is 0 Å². The fourth-order valence-corrected chi connectivity index (χ4v) is 3.20. The topological polar surface area (TPSA) is 97.0 Å². The van der Waals surface area contributed by atoms with Gasteiger partial charge in [-0.05, 0) is 50.5 Å². The van der Waals surface area contributed by atoms with Gasteiger partial charge in [-0.1, -0.05) is 13.8 Å². The highest BCUT2D eigenvalue weighted by Crippen LogP contribution is 2.30. The largest absolute Gasteiger partial charge is 0.351 e. The predicted octanol–water partition coefficient (Wildman–Crippen LogP) is 2.08. The van der Waals surface area contributed by atoms with Gasteiger partial charge in [-0.25, -0.2) is 0 Å². The van der Waals surface area contributed by atoms with Crippen molar-refractivity contribution in [3.05, 3.63) is 23.8 Å². The highest BCUT2D eigenvalue weighted by molar-refractivity contribution is 6.39. The molecule has 1 aromatic carbocycles. The summed E-state index contributed by atoms with van der Waals surface area (Å²) in [5, 5.41) is 5.13.